The molecule has 0 bridgehead atoms. The van der Waals surface area contributed by atoms with Gasteiger partial charge in [-0.2, -0.15) is 0 Å². The minimum atomic E-state index is -1.57. The Morgan fingerprint density at radius 2 is 2.07 bits per heavy atom. The number of carboxylic acids is 1. The molecule has 15 heavy (non-hydrogen) atoms. The van der Waals surface area contributed by atoms with Crippen molar-refractivity contribution in [2.75, 3.05) is 0 Å². The highest BCUT2D eigenvalue weighted by Crippen LogP contribution is 2.15. The predicted molar refractivity (Wildman–Crippen MR) is 55.0 cm³/mol. The van der Waals surface area contributed by atoms with Crippen LogP contribution in [0, 0.1) is 0 Å². The summed E-state index contributed by atoms with van der Waals surface area (Å²) in [6, 6.07) is 6.98. The Bertz CT molecular complexity index is 531. The number of rotatable bonds is 1. The minimum absolute atomic E-state index is 0.0701. The maximum Gasteiger partial charge on any atom is 0.332 e. The molecule has 1 atom stereocenters. The van der Waals surface area contributed by atoms with Crippen molar-refractivity contribution in [1.82, 2.24) is 0 Å². The van der Waals surface area contributed by atoms with Gasteiger partial charge in [-0.05, 0) is 16.5 Å². The molecular weight excluding hydrogens is 194 g/mol. The molecule has 4 N–H and O–H groups in total. The van der Waals surface area contributed by atoms with Gasteiger partial charge in [-0.15, -0.1) is 0 Å². The van der Waals surface area contributed by atoms with Gasteiger partial charge in [0.2, 0.25) is 0 Å². The molecule has 0 fully saturated rings. The molecule has 0 radical (unpaired) electrons. The first kappa shape index (κ1) is 9.89. The summed E-state index contributed by atoms with van der Waals surface area (Å²) >= 11 is 0. The van der Waals surface area contributed by atoms with E-state index in [2.05, 4.69) is 0 Å². The molecule has 1 unspecified atom stereocenters. The van der Waals surface area contributed by atoms with Crippen LogP contribution in [0.15, 0.2) is 24.3 Å². The summed E-state index contributed by atoms with van der Waals surface area (Å²) in [6.07, 6.45) is 1.41. The number of hydrogen-bond acceptors (Lipinski definition) is 3. The fourth-order valence-corrected chi connectivity index (χ4v) is 1.79. The van der Waals surface area contributed by atoms with E-state index in [1.54, 1.807) is 24.3 Å². The molecule has 0 aliphatic heterocycles. The van der Waals surface area contributed by atoms with Gasteiger partial charge in [0.05, 0.1) is 0 Å². The molecule has 2 rings (SSSR count). The lowest BCUT2D eigenvalue weighted by molar-refractivity contribution is -0.131. The highest BCUT2D eigenvalue weighted by atomic mass is 16.4. The van der Waals surface area contributed by atoms with E-state index in [1.807, 2.05) is 0 Å². The summed E-state index contributed by atoms with van der Waals surface area (Å²) in [5, 5.41) is 20.0. The van der Waals surface area contributed by atoms with Crippen molar-refractivity contribution in [3.63, 3.8) is 0 Å². The molecule has 0 aromatic heterocycles. The Morgan fingerprint density at radius 3 is 2.73 bits per heavy atom. The van der Waals surface area contributed by atoms with Crippen molar-refractivity contribution < 1.29 is 15.0 Å². The van der Waals surface area contributed by atoms with E-state index >= 15 is 0 Å². The van der Waals surface area contributed by atoms with Crippen LogP contribution in [-0.4, -0.2) is 21.9 Å². The Labute approximate surface area is 86.0 Å². The fraction of sp³-hybridized carbons (Fsp3) is 0.182. The zero-order valence-electron chi connectivity index (χ0n) is 7.97. The van der Waals surface area contributed by atoms with Crippen LogP contribution in [-0.2, 0) is 4.79 Å². The average molecular weight is 205 g/mol. The van der Waals surface area contributed by atoms with Gasteiger partial charge in [-0.25, -0.2) is 4.79 Å². The topological polar surface area (TPSA) is 83.5 Å². The molecule has 0 amide bonds. The summed E-state index contributed by atoms with van der Waals surface area (Å²) in [5.74, 6) is -1.04. The number of fused-ring (bicyclic) bond motifs is 1. The molecular formula is C11H11NO3. The first-order valence-corrected chi connectivity index (χ1v) is 4.55. The van der Waals surface area contributed by atoms with Crippen molar-refractivity contribution in [2.24, 2.45) is 5.73 Å². The largest absolute Gasteiger partial charge is 0.478 e. The fourth-order valence-electron chi connectivity index (χ4n) is 1.79. The van der Waals surface area contributed by atoms with Gasteiger partial charge in [-0.3, -0.25) is 5.73 Å². The predicted octanol–water partition coefficient (Wildman–Crippen LogP) is -1.25. The third kappa shape index (κ3) is 1.77. The second-order valence-corrected chi connectivity index (χ2v) is 3.68. The van der Waals surface area contributed by atoms with Gasteiger partial charge in [-0.1, -0.05) is 24.3 Å². The number of benzene rings is 1. The second kappa shape index (κ2) is 3.18. The molecule has 0 saturated carbocycles. The zero-order chi connectivity index (χ0) is 11.1. The lowest BCUT2D eigenvalue weighted by Gasteiger charge is -2.22. The summed E-state index contributed by atoms with van der Waals surface area (Å²) in [7, 11) is 0. The molecule has 4 heteroatoms. The van der Waals surface area contributed by atoms with E-state index in [4.69, 9.17) is 10.8 Å². The Hall–Kier alpha value is -1.65. The van der Waals surface area contributed by atoms with Gasteiger partial charge in [0, 0.05) is 12.0 Å². The van der Waals surface area contributed by atoms with Crippen molar-refractivity contribution in [1.29, 1.82) is 0 Å². The SMILES string of the molecule is NC1(O)C=c2ccccc2=C(C(=O)O)C1. The zero-order valence-corrected chi connectivity index (χ0v) is 7.97. The quantitative estimate of drug-likeness (QED) is 0.500. The molecule has 78 valence electrons. The lowest BCUT2D eigenvalue weighted by atomic mass is 9.94. The Kier molecular flexibility index (Phi) is 2.10. The van der Waals surface area contributed by atoms with Crippen LogP contribution in [0.4, 0.5) is 0 Å². The first-order chi connectivity index (χ1) is 6.99. The number of aliphatic hydroxyl groups is 1. The Balaban J connectivity index is 2.83. The highest BCUT2D eigenvalue weighted by Gasteiger charge is 2.26. The average Bonchev–Trinajstić information content (AvgIpc) is 2.14. The van der Waals surface area contributed by atoms with E-state index < -0.39 is 11.7 Å². The van der Waals surface area contributed by atoms with Crippen molar-refractivity contribution >= 4 is 17.6 Å². The van der Waals surface area contributed by atoms with E-state index in [1.165, 1.54) is 6.08 Å². The third-order valence-electron chi connectivity index (χ3n) is 2.41. The maximum absolute atomic E-state index is 11.0. The third-order valence-corrected chi connectivity index (χ3v) is 2.41. The molecule has 4 nitrogen and oxygen atoms in total. The smallest absolute Gasteiger partial charge is 0.332 e. The van der Waals surface area contributed by atoms with Crippen LogP contribution >= 0.6 is 0 Å². The van der Waals surface area contributed by atoms with E-state index in [-0.39, 0.29) is 12.0 Å². The minimum Gasteiger partial charge on any atom is -0.478 e. The monoisotopic (exact) mass is 205 g/mol. The number of carbonyl (C=O) groups is 1. The summed E-state index contributed by atoms with van der Waals surface area (Å²) in [4.78, 5) is 11.0. The normalized spacial score (nSPS) is 24.3. The van der Waals surface area contributed by atoms with E-state index in [9.17, 15) is 9.90 Å². The molecule has 0 saturated heterocycles. The van der Waals surface area contributed by atoms with Gasteiger partial charge >= 0.3 is 5.97 Å². The van der Waals surface area contributed by atoms with Crippen LogP contribution in [0.25, 0.3) is 11.6 Å². The Morgan fingerprint density at radius 1 is 1.40 bits per heavy atom. The van der Waals surface area contributed by atoms with Gasteiger partial charge in [0.1, 0.15) is 5.72 Å². The summed E-state index contributed by atoms with van der Waals surface area (Å²) < 4.78 is 0. The number of aliphatic carboxylic acids is 1. The number of carboxylic acid groups (broad SMARTS) is 1. The molecule has 1 aliphatic rings. The lowest BCUT2D eigenvalue weighted by Crippen LogP contribution is -2.47. The van der Waals surface area contributed by atoms with Crippen molar-refractivity contribution in [3.8, 4) is 0 Å². The maximum atomic E-state index is 11.0. The highest BCUT2D eigenvalue weighted by molar-refractivity contribution is 6.09. The summed E-state index contributed by atoms with van der Waals surface area (Å²) in [6.45, 7) is 0. The molecule has 1 aliphatic carbocycles. The van der Waals surface area contributed by atoms with E-state index in [0.717, 1.165) is 0 Å². The molecule has 0 heterocycles. The van der Waals surface area contributed by atoms with Crippen LogP contribution in [0.1, 0.15) is 6.42 Å². The number of hydrogen-bond donors (Lipinski definition) is 3. The summed E-state index contributed by atoms with van der Waals surface area (Å²) in [5.41, 5.74) is 4.12. The van der Waals surface area contributed by atoms with Gasteiger partial charge in [0.25, 0.3) is 0 Å². The number of nitrogens with two attached hydrogens (primary N) is 1. The van der Waals surface area contributed by atoms with Crippen LogP contribution in [0.2, 0.25) is 0 Å². The van der Waals surface area contributed by atoms with E-state index in [0.29, 0.717) is 10.4 Å². The molecule has 1 aromatic rings. The van der Waals surface area contributed by atoms with Crippen LogP contribution < -0.4 is 16.2 Å². The van der Waals surface area contributed by atoms with Crippen molar-refractivity contribution in [2.45, 2.75) is 12.1 Å². The van der Waals surface area contributed by atoms with Gasteiger partial charge in [0.15, 0.2) is 0 Å². The first-order valence-electron chi connectivity index (χ1n) is 4.55. The molecule has 0 spiro atoms. The van der Waals surface area contributed by atoms with Gasteiger partial charge < -0.3 is 10.2 Å². The van der Waals surface area contributed by atoms with Crippen molar-refractivity contribution in [3.05, 3.63) is 34.7 Å². The van der Waals surface area contributed by atoms with Crippen LogP contribution in [0.5, 0.6) is 0 Å². The molecule has 1 aromatic carbocycles. The standard InChI is InChI=1S/C11H11NO3/c12-11(15)5-7-3-1-2-4-8(7)9(6-11)10(13)14/h1-5,15H,6,12H2,(H,13,14). The second-order valence-electron chi connectivity index (χ2n) is 3.68. The van der Waals surface area contributed by atoms with Crippen LogP contribution in [0.3, 0.4) is 0 Å².